The third-order valence-corrected chi connectivity index (χ3v) is 4.66. The first kappa shape index (κ1) is 16.0. The van der Waals surface area contributed by atoms with E-state index in [4.69, 9.17) is 0 Å². The minimum absolute atomic E-state index is 0.354. The lowest BCUT2D eigenvalue weighted by Gasteiger charge is -2.21. The van der Waals surface area contributed by atoms with E-state index in [0.29, 0.717) is 6.04 Å². The smallest absolute Gasteiger partial charge is 0.109 e. The Hall–Kier alpha value is -1.39. The van der Waals surface area contributed by atoms with Crippen molar-refractivity contribution in [3.05, 3.63) is 46.4 Å². The molecule has 2 aromatic rings. The molecule has 0 radical (unpaired) electrons. The van der Waals surface area contributed by atoms with E-state index < -0.39 is 0 Å². The Morgan fingerprint density at radius 1 is 1.14 bits per heavy atom. The predicted molar refractivity (Wildman–Crippen MR) is 92.0 cm³/mol. The molecule has 0 aliphatic rings. The molecule has 0 aliphatic heterocycles. The van der Waals surface area contributed by atoms with Crippen molar-refractivity contribution in [2.45, 2.75) is 39.8 Å². The van der Waals surface area contributed by atoms with E-state index in [9.17, 15) is 0 Å². The van der Waals surface area contributed by atoms with Gasteiger partial charge in [-0.2, -0.15) is 0 Å². The number of anilines is 1. The zero-order chi connectivity index (χ0) is 15.1. The van der Waals surface area contributed by atoms with Crippen molar-refractivity contribution in [1.29, 1.82) is 0 Å². The highest BCUT2D eigenvalue weighted by atomic mass is 32.1. The molecule has 4 heteroatoms. The van der Waals surface area contributed by atoms with Crippen LogP contribution in [0.15, 0.2) is 35.8 Å². The van der Waals surface area contributed by atoms with Crippen molar-refractivity contribution < 1.29 is 0 Å². The van der Waals surface area contributed by atoms with Gasteiger partial charge in [-0.25, -0.2) is 4.98 Å². The second-order valence-electron chi connectivity index (χ2n) is 5.05. The summed E-state index contributed by atoms with van der Waals surface area (Å²) >= 11 is 1.72. The van der Waals surface area contributed by atoms with Crippen molar-refractivity contribution in [2.24, 2.45) is 0 Å². The SMILES string of the molecule is CCC(NCc1ccc(N(CC)CC)cc1)c1nccs1. The van der Waals surface area contributed by atoms with Gasteiger partial charge >= 0.3 is 0 Å². The summed E-state index contributed by atoms with van der Waals surface area (Å²) in [7, 11) is 0. The summed E-state index contributed by atoms with van der Waals surface area (Å²) in [5.74, 6) is 0. The summed E-state index contributed by atoms with van der Waals surface area (Å²) in [6, 6.07) is 9.22. The molecule has 114 valence electrons. The van der Waals surface area contributed by atoms with Crippen LogP contribution in [0.2, 0.25) is 0 Å². The van der Waals surface area contributed by atoms with E-state index in [2.05, 4.69) is 60.2 Å². The van der Waals surface area contributed by atoms with Gasteiger partial charge in [0.15, 0.2) is 0 Å². The monoisotopic (exact) mass is 303 g/mol. The van der Waals surface area contributed by atoms with Gasteiger partial charge in [0.25, 0.3) is 0 Å². The number of rotatable bonds is 8. The van der Waals surface area contributed by atoms with Gasteiger partial charge in [0, 0.05) is 36.9 Å². The molecule has 1 heterocycles. The number of nitrogens with one attached hydrogen (secondary N) is 1. The fraction of sp³-hybridized carbons (Fsp3) is 0.471. The third-order valence-electron chi connectivity index (χ3n) is 3.78. The minimum Gasteiger partial charge on any atom is -0.372 e. The minimum atomic E-state index is 0.354. The number of hydrogen-bond donors (Lipinski definition) is 1. The molecular weight excluding hydrogens is 278 g/mol. The molecule has 0 spiro atoms. The zero-order valence-corrected chi connectivity index (χ0v) is 14.0. The Bertz CT molecular complexity index is 503. The Morgan fingerprint density at radius 2 is 1.86 bits per heavy atom. The normalized spacial score (nSPS) is 12.3. The highest BCUT2D eigenvalue weighted by molar-refractivity contribution is 7.09. The van der Waals surface area contributed by atoms with Gasteiger partial charge in [0.1, 0.15) is 5.01 Å². The molecule has 3 nitrogen and oxygen atoms in total. The molecule has 1 aromatic heterocycles. The van der Waals surface area contributed by atoms with Crippen LogP contribution >= 0.6 is 11.3 Å². The summed E-state index contributed by atoms with van der Waals surface area (Å²) < 4.78 is 0. The molecule has 1 unspecified atom stereocenters. The quantitative estimate of drug-likeness (QED) is 0.791. The molecule has 0 amide bonds. The highest BCUT2D eigenvalue weighted by Crippen LogP contribution is 2.20. The first-order chi connectivity index (χ1) is 10.3. The Morgan fingerprint density at radius 3 is 2.38 bits per heavy atom. The molecule has 0 saturated carbocycles. The molecular formula is C17H25N3S. The molecule has 21 heavy (non-hydrogen) atoms. The average Bonchev–Trinajstić information content (AvgIpc) is 3.05. The van der Waals surface area contributed by atoms with Crippen LogP contribution in [-0.2, 0) is 6.54 Å². The van der Waals surface area contributed by atoms with Crippen LogP contribution in [-0.4, -0.2) is 18.1 Å². The van der Waals surface area contributed by atoms with Crippen LogP contribution in [0.25, 0.3) is 0 Å². The lowest BCUT2D eigenvalue weighted by Crippen LogP contribution is -2.22. The lowest BCUT2D eigenvalue weighted by molar-refractivity contribution is 0.516. The van der Waals surface area contributed by atoms with Gasteiger partial charge in [-0.05, 0) is 38.0 Å². The fourth-order valence-electron chi connectivity index (χ4n) is 2.47. The van der Waals surface area contributed by atoms with Crippen molar-refractivity contribution in [3.8, 4) is 0 Å². The van der Waals surface area contributed by atoms with Crippen molar-refractivity contribution in [1.82, 2.24) is 10.3 Å². The van der Waals surface area contributed by atoms with Gasteiger partial charge < -0.3 is 10.2 Å². The summed E-state index contributed by atoms with van der Waals surface area (Å²) in [4.78, 5) is 6.77. The molecule has 1 N–H and O–H groups in total. The van der Waals surface area contributed by atoms with Crippen LogP contribution in [0.1, 0.15) is 43.8 Å². The van der Waals surface area contributed by atoms with Gasteiger partial charge in [-0.3, -0.25) is 0 Å². The molecule has 0 saturated heterocycles. The molecule has 0 fully saturated rings. The summed E-state index contributed by atoms with van der Waals surface area (Å²) in [6.45, 7) is 9.57. The first-order valence-corrected chi connectivity index (χ1v) is 8.63. The summed E-state index contributed by atoms with van der Waals surface area (Å²) in [5, 5.41) is 6.82. The van der Waals surface area contributed by atoms with Crippen molar-refractivity contribution in [3.63, 3.8) is 0 Å². The van der Waals surface area contributed by atoms with Crippen LogP contribution in [0, 0.1) is 0 Å². The maximum Gasteiger partial charge on any atom is 0.109 e. The summed E-state index contributed by atoms with van der Waals surface area (Å²) in [6.07, 6.45) is 2.94. The molecule has 1 aromatic carbocycles. The molecule has 0 aliphatic carbocycles. The average molecular weight is 303 g/mol. The van der Waals surface area contributed by atoms with Crippen molar-refractivity contribution in [2.75, 3.05) is 18.0 Å². The van der Waals surface area contributed by atoms with Crippen molar-refractivity contribution >= 4 is 17.0 Å². The van der Waals surface area contributed by atoms with Gasteiger partial charge in [-0.1, -0.05) is 19.1 Å². The van der Waals surface area contributed by atoms with Crippen LogP contribution in [0.4, 0.5) is 5.69 Å². The second-order valence-corrected chi connectivity index (χ2v) is 5.98. The third kappa shape index (κ3) is 4.29. The van der Waals surface area contributed by atoms with Crippen LogP contribution in [0.3, 0.4) is 0 Å². The van der Waals surface area contributed by atoms with E-state index >= 15 is 0 Å². The van der Waals surface area contributed by atoms with Crippen LogP contribution < -0.4 is 10.2 Å². The van der Waals surface area contributed by atoms with Gasteiger partial charge in [0.2, 0.25) is 0 Å². The largest absolute Gasteiger partial charge is 0.372 e. The number of benzene rings is 1. The summed E-state index contributed by atoms with van der Waals surface area (Å²) in [5.41, 5.74) is 2.62. The first-order valence-electron chi connectivity index (χ1n) is 7.75. The Kier molecular flexibility index (Phi) is 6.21. The number of hydrogen-bond acceptors (Lipinski definition) is 4. The molecule has 2 rings (SSSR count). The van der Waals surface area contributed by atoms with E-state index in [-0.39, 0.29) is 0 Å². The van der Waals surface area contributed by atoms with Gasteiger partial charge in [-0.15, -0.1) is 11.3 Å². The molecule has 1 atom stereocenters. The zero-order valence-electron chi connectivity index (χ0n) is 13.2. The van der Waals surface area contributed by atoms with Gasteiger partial charge in [0.05, 0.1) is 6.04 Å². The topological polar surface area (TPSA) is 28.2 Å². The fourth-order valence-corrected chi connectivity index (χ4v) is 3.26. The predicted octanol–water partition coefficient (Wildman–Crippen LogP) is 4.23. The standard InChI is InChI=1S/C17H25N3S/c1-4-16(17-18-11-12-21-17)19-13-14-7-9-15(10-8-14)20(5-2)6-3/h7-12,16,19H,4-6,13H2,1-3H3. The molecule has 0 bridgehead atoms. The lowest BCUT2D eigenvalue weighted by atomic mass is 10.1. The highest BCUT2D eigenvalue weighted by Gasteiger charge is 2.11. The number of nitrogens with zero attached hydrogens (tertiary/aromatic N) is 2. The van der Waals surface area contributed by atoms with E-state index in [1.165, 1.54) is 16.3 Å². The van der Waals surface area contributed by atoms with E-state index in [0.717, 1.165) is 26.1 Å². The Balaban J connectivity index is 1.94. The van der Waals surface area contributed by atoms with E-state index in [1.54, 1.807) is 11.3 Å². The number of aromatic nitrogens is 1. The van der Waals surface area contributed by atoms with Crippen LogP contribution in [0.5, 0.6) is 0 Å². The Labute approximate surface area is 132 Å². The maximum atomic E-state index is 4.41. The maximum absolute atomic E-state index is 4.41. The van der Waals surface area contributed by atoms with E-state index in [1.807, 2.05) is 11.6 Å². The second kappa shape index (κ2) is 8.15. The number of thiazole rings is 1.